The van der Waals surface area contributed by atoms with Gasteiger partial charge in [0.25, 0.3) is 11.7 Å². The van der Waals surface area contributed by atoms with Crippen LogP contribution >= 0.6 is 0 Å². The third-order valence-electron chi connectivity index (χ3n) is 2.83. The van der Waals surface area contributed by atoms with Crippen molar-refractivity contribution in [2.75, 3.05) is 0 Å². The Labute approximate surface area is 124 Å². The van der Waals surface area contributed by atoms with Crippen LogP contribution in [-0.4, -0.2) is 26.7 Å². The number of Topliss-reactive ketones (excluding diaryl/α,β-unsaturated/α-hetero) is 2. The predicted octanol–water partition coefficient (Wildman–Crippen LogP) is 2.18. The highest BCUT2D eigenvalue weighted by molar-refractivity contribution is 6.43. The molecule has 0 aliphatic carbocycles. The highest BCUT2D eigenvalue weighted by atomic mass is 16.6. The van der Waals surface area contributed by atoms with Crippen molar-refractivity contribution in [3.63, 3.8) is 0 Å². The van der Waals surface area contributed by atoms with Gasteiger partial charge in [0.2, 0.25) is 11.6 Å². The van der Waals surface area contributed by atoms with Crippen molar-refractivity contribution < 1.29 is 18.7 Å². The van der Waals surface area contributed by atoms with Gasteiger partial charge < -0.3 is 9.15 Å². The summed E-state index contributed by atoms with van der Waals surface area (Å²) in [5, 5.41) is 5.97. The van der Waals surface area contributed by atoms with Gasteiger partial charge in [0, 0.05) is 18.1 Å². The number of para-hydroxylation sites is 1. The van der Waals surface area contributed by atoms with Gasteiger partial charge in [0.1, 0.15) is 12.1 Å². The zero-order valence-electron chi connectivity index (χ0n) is 11.4. The predicted molar refractivity (Wildman–Crippen MR) is 74.6 cm³/mol. The van der Waals surface area contributed by atoms with Crippen LogP contribution in [0.5, 0.6) is 11.7 Å². The first kappa shape index (κ1) is 13.7. The average molecular weight is 297 g/mol. The number of ketones is 2. The lowest BCUT2D eigenvalue weighted by atomic mass is 10.1. The van der Waals surface area contributed by atoms with Crippen LogP contribution in [0.15, 0.2) is 53.4 Å². The van der Waals surface area contributed by atoms with E-state index in [-0.39, 0.29) is 18.2 Å². The van der Waals surface area contributed by atoms with Crippen LogP contribution < -0.4 is 4.74 Å². The van der Waals surface area contributed by atoms with Crippen molar-refractivity contribution >= 4 is 11.6 Å². The van der Waals surface area contributed by atoms with Crippen LogP contribution in [0.4, 0.5) is 0 Å². The summed E-state index contributed by atoms with van der Waals surface area (Å²) in [6, 6.07) is 10.7. The maximum Gasteiger partial charge on any atom is 0.290 e. The molecule has 22 heavy (non-hydrogen) atoms. The van der Waals surface area contributed by atoms with Crippen LogP contribution in [-0.2, 0) is 11.2 Å². The van der Waals surface area contributed by atoms with E-state index in [9.17, 15) is 9.59 Å². The lowest BCUT2D eigenvalue weighted by molar-refractivity contribution is -0.114. The molecular weight excluding hydrogens is 286 g/mol. The number of aromatic nitrogens is 3. The quantitative estimate of drug-likeness (QED) is 0.553. The summed E-state index contributed by atoms with van der Waals surface area (Å²) in [6.07, 6.45) is 2.51. The van der Waals surface area contributed by atoms with Crippen LogP contribution in [0, 0.1) is 0 Å². The molecule has 0 atom stereocenters. The number of aromatic amines is 1. The lowest BCUT2D eigenvalue weighted by Gasteiger charge is -1.99. The van der Waals surface area contributed by atoms with Gasteiger partial charge in [0.05, 0.1) is 6.26 Å². The third-order valence-corrected chi connectivity index (χ3v) is 2.83. The molecule has 7 nitrogen and oxygen atoms in total. The van der Waals surface area contributed by atoms with E-state index < -0.39 is 11.6 Å². The SMILES string of the molecule is O=C(Cc1coc(Oc2ccccc2)c1)C(=O)c1nc[nH]n1. The number of ether oxygens (including phenoxy) is 1. The van der Waals surface area contributed by atoms with Crippen LogP contribution in [0.3, 0.4) is 0 Å². The second kappa shape index (κ2) is 6.04. The van der Waals surface area contributed by atoms with E-state index in [0.717, 1.165) is 0 Å². The van der Waals surface area contributed by atoms with E-state index in [1.54, 1.807) is 18.2 Å². The van der Waals surface area contributed by atoms with E-state index in [2.05, 4.69) is 15.2 Å². The Balaban J connectivity index is 1.64. The number of rotatable bonds is 6. The van der Waals surface area contributed by atoms with Crippen molar-refractivity contribution in [2.45, 2.75) is 6.42 Å². The largest absolute Gasteiger partial charge is 0.434 e. The molecule has 1 aromatic carbocycles. The molecule has 3 rings (SSSR count). The maximum atomic E-state index is 11.9. The number of carbonyl (C=O) groups excluding carboxylic acids is 2. The molecule has 0 fully saturated rings. The maximum absolute atomic E-state index is 11.9. The number of carbonyl (C=O) groups is 2. The van der Waals surface area contributed by atoms with Gasteiger partial charge in [0.15, 0.2) is 0 Å². The highest BCUT2D eigenvalue weighted by Gasteiger charge is 2.21. The molecule has 0 saturated heterocycles. The Morgan fingerprint density at radius 1 is 1.23 bits per heavy atom. The van der Waals surface area contributed by atoms with Crippen molar-refractivity contribution in [1.82, 2.24) is 15.2 Å². The molecule has 0 radical (unpaired) electrons. The van der Waals surface area contributed by atoms with Gasteiger partial charge >= 0.3 is 0 Å². The Bertz CT molecular complexity index is 778. The van der Waals surface area contributed by atoms with Gasteiger partial charge in [-0.2, -0.15) is 0 Å². The van der Waals surface area contributed by atoms with Gasteiger partial charge in [-0.1, -0.05) is 18.2 Å². The number of hydrogen-bond donors (Lipinski definition) is 1. The number of hydrogen-bond acceptors (Lipinski definition) is 6. The van der Waals surface area contributed by atoms with E-state index in [4.69, 9.17) is 9.15 Å². The molecule has 0 saturated carbocycles. The van der Waals surface area contributed by atoms with E-state index >= 15 is 0 Å². The molecule has 110 valence electrons. The summed E-state index contributed by atoms with van der Waals surface area (Å²) >= 11 is 0. The first-order chi connectivity index (χ1) is 10.7. The molecule has 2 heterocycles. The summed E-state index contributed by atoms with van der Waals surface area (Å²) in [7, 11) is 0. The number of benzene rings is 1. The second-order valence-corrected chi connectivity index (χ2v) is 4.44. The first-order valence-electron chi connectivity index (χ1n) is 6.46. The molecule has 1 N–H and O–H groups in total. The molecule has 3 aromatic rings. The molecule has 2 aromatic heterocycles. The Morgan fingerprint density at radius 3 is 2.77 bits per heavy atom. The minimum atomic E-state index is -0.743. The standard InChI is InChI=1S/C15H11N3O4/c19-12(14(20)15-16-9-17-18-15)6-10-7-13(21-8-10)22-11-4-2-1-3-5-11/h1-5,7-9H,6H2,(H,16,17,18). The van der Waals surface area contributed by atoms with Crippen molar-refractivity contribution in [3.8, 4) is 11.7 Å². The topological polar surface area (TPSA) is 98.1 Å². The fourth-order valence-corrected chi connectivity index (χ4v) is 1.81. The van der Waals surface area contributed by atoms with Gasteiger partial charge in [-0.15, -0.1) is 5.10 Å². The third kappa shape index (κ3) is 3.09. The zero-order chi connectivity index (χ0) is 15.4. The summed E-state index contributed by atoms with van der Waals surface area (Å²) < 4.78 is 10.7. The van der Waals surface area contributed by atoms with Crippen molar-refractivity contribution in [2.24, 2.45) is 0 Å². The first-order valence-corrected chi connectivity index (χ1v) is 6.46. The van der Waals surface area contributed by atoms with Gasteiger partial charge in [-0.3, -0.25) is 14.7 Å². The summed E-state index contributed by atoms with van der Waals surface area (Å²) in [6.45, 7) is 0. The lowest BCUT2D eigenvalue weighted by Crippen LogP contribution is -2.17. The minimum absolute atomic E-state index is 0.102. The average Bonchev–Trinajstić information content (AvgIpc) is 3.19. The number of nitrogens with zero attached hydrogens (tertiary/aromatic N) is 2. The number of nitrogens with one attached hydrogen (secondary N) is 1. The molecule has 0 spiro atoms. The van der Waals surface area contributed by atoms with E-state index in [1.807, 2.05) is 18.2 Å². The van der Waals surface area contributed by atoms with Crippen LogP contribution in [0.25, 0.3) is 0 Å². The molecule has 0 aliphatic heterocycles. The normalized spacial score (nSPS) is 10.4. The second-order valence-electron chi connectivity index (χ2n) is 4.44. The summed E-state index contributed by atoms with van der Waals surface area (Å²) in [4.78, 5) is 27.3. The van der Waals surface area contributed by atoms with Crippen molar-refractivity contribution in [3.05, 3.63) is 60.4 Å². The summed E-state index contributed by atoms with van der Waals surface area (Å²) in [5.74, 6) is -0.639. The highest BCUT2D eigenvalue weighted by Crippen LogP contribution is 2.23. The fourth-order valence-electron chi connectivity index (χ4n) is 1.81. The van der Waals surface area contributed by atoms with E-state index in [1.165, 1.54) is 12.6 Å². The molecule has 0 unspecified atom stereocenters. The number of H-pyrrole nitrogens is 1. The summed E-state index contributed by atoms with van der Waals surface area (Å²) in [5.41, 5.74) is 0.541. The molecule has 0 amide bonds. The van der Waals surface area contributed by atoms with Crippen LogP contribution in [0.2, 0.25) is 0 Å². The molecule has 0 bridgehead atoms. The van der Waals surface area contributed by atoms with Gasteiger partial charge in [-0.05, 0) is 12.1 Å². The zero-order valence-corrected chi connectivity index (χ0v) is 11.4. The monoisotopic (exact) mass is 297 g/mol. The van der Waals surface area contributed by atoms with Gasteiger partial charge in [-0.25, -0.2) is 4.98 Å². The Kier molecular flexibility index (Phi) is 3.78. The smallest absolute Gasteiger partial charge is 0.290 e. The van der Waals surface area contributed by atoms with Crippen LogP contribution in [0.1, 0.15) is 16.2 Å². The Morgan fingerprint density at radius 2 is 2.05 bits per heavy atom. The molecule has 0 aliphatic rings. The van der Waals surface area contributed by atoms with Crippen molar-refractivity contribution in [1.29, 1.82) is 0 Å². The Hall–Kier alpha value is -3.22. The number of furan rings is 1. The molecule has 7 heteroatoms. The van der Waals surface area contributed by atoms with E-state index in [0.29, 0.717) is 11.3 Å². The molecular formula is C15H11N3O4. The minimum Gasteiger partial charge on any atom is -0.434 e. The fraction of sp³-hybridized carbons (Fsp3) is 0.0667.